The van der Waals surface area contributed by atoms with Crippen molar-refractivity contribution in [3.63, 3.8) is 0 Å². The Morgan fingerprint density at radius 3 is 2.45 bits per heavy atom. The molecular weight excluding hydrogens is 250 g/mol. The third-order valence-corrected chi connectivity index (χ3v) is 4.20. The molecule has 2 atom stereocenters. The molecule has 3 nitrogen and oxygen atoms in total. The third kappa shape index (κ3) is 2.82. The fourth-order valence-corrected chi connectivity index (χ4v) is 2.92. The summed E-state index contributed by atoms with van der Waals surface area (Å²) in [6.07, 6.45) is 1.74. The van der Waals surface area contributed by atoms with Gasteiger partial charge in [-0.1, -0.05) is 37.3 Å². The maximum Gasteiger partial charge on any atom is 0.410 e. The Labute approximate surface area is 121 Å². The van der Waals surface area contributed by atoms with Crippen molar-refractivity contribution in [1.82, 2.24) is 4.90 Å². The molecule has 1 fully saturated rings. The molecule has 2 rings (SSSR count). The van der Waals surface area contributed by atoms with E-state index in [2.05, 4.69) is 31.2 Å². The van der Waals surface area contributed by atoms with E-state index < -0.39 is 5.60 Å². The van der Waals surface area contributed by atoms with E-state index in [1.807, 2.05) is 33.9 Å². The van der Waals surface area contributed by atoms with Crippen LogP contribution < -0.4 is 0 Å². The highest BCUT2D eigenvalue weighted by molar-refractivity contribution is 5.70. The van der Waals surface area contributed by atoms with Crippen molar-refractivity contribution in [2.75, 3.05) is 7.05 Å². The van der Waals surface area contributed by atoms with Crippen molar-refractivity contribution < 1.29 is 9.53 Å². The predicted molar refractivity (Wildman–Crippen MR) is 80.8 cm³/mol. The second kappa shape index (κ2) is 5.12. The number of carbonyl (C=O) groups is 1. The molecule has 1 amide bonds. The van der Waals surface area contributed by atoms with Crippen molar-refractivity contribution in [2.45, 2.75) is 57.6 Å². The molecule has 3 heteroatoms. The summed E-state index contributed by atoms with van der Waals surface area (Å²) < 4.78 is 5.50. The third-order valence-electron chi connectivity index (χ3n) is 4.20. The first kappa shape index (κ1) is 14.9. The van der Waals surface area contributed by atoms with Gasteiger partial charge < -0.3 is 9.64 Å². The first-order chi connectivity index (χ1) is 9.30. The van der Waals surface area contributed by atoms with Crippen LogP contribution in [-0.2, 0) is 4.74 Å². The summed E-state index contributed by atoms with van der Waals surface area (Å²) in [7, 11) is 1.86. The van der Waals surface area contributed by atoms with Crippen molar-refractivity contribution in [3.05, 3.63) is 35.9 Å². The largest absolute Gasteiger partial charge is 0.444 e. The zero-order valence-electron chi connectivity index (χ0n) is 13.1. The number of carbonyl (C=O) groups excluding carboxylic acids is 1. The van der Waals surface area contributed by atoms with Gasteiger partial charge in [0.15, 0.2) is 0 Å². The van der Waals surface area contributed by atoms with E-state index >= 15 is 0 Å². The molecule has 0 aliphatic heterocycles. The van der Waals surface area contributed by atoms with Crippen LogP contribution in [0.15, 0.2) is 30.3 Å². The number of rotatable bonds is 3. The monoisotopic (exact) mass is 275 g/mol. The Morgan fingerprint density at radius 2 is 1.95 bits per heavy atom. The zero-order chi connectivity index (χ0) is 15.0. The Morgan fingerprint density at radius 1 is 1.35 bits per heavy atom. The summed E-state index contributed by atoms with van der Waals surface area (Å²) in [5.41, 5.74) is 0.783. The first-order valence-electron chi connectivity index (χ1n) is 7.32. The molecule has 20 heavy (non-hydrogen) atoms. The Hall–Kier alpha value is -1.51. The lowest BCUT2D eigenvalue weighted by Gasteiger charge is -2.31. The highest BCUT2D eigenvalue weighted by atomic mass is 16.6. The number of likely N-dealkylation sites (N-methyl/N-ethyl adjacent to an activating group) is 1. The van der Waals surface area contributed by atoms with Crippen LogP contribution in [0, 0.1) is 0 Å². The number of hydrogen-bond donors (Lipinski definition) is 0. The fourth-order valence-electron chi connectivity index (χ4n) is 2.92. The van der Waals surface area contributed by atoms with E-state index in [4.69, 9.17) is 4.74 Å². The fraction of sp³-hybridized carbons (Fsp3) is 0.588. The number of nitrogens with zero attached hydrogens (tertiary/aromatic N) is 1. The Bertz CT molecular complexity index is 478. The minimum absolute atomic E-state index is 0.0797. The van der Waals surface area contributed by atoms with Gasteiger partial charge in [-0.2, -0.15) is 0 Å². The highest BCUT2D eigenvalue weighted by Gasteiger charge is 2.58. The summed E-state index contributed by atoms with van der Waals surface area (Å²) in [4.78, 5) is 14.1. The lowest BCUT2D eigenvalue weighted by Crippen LogP contribution is -2.43. The first-order valence-corrected chi connectivity index (χ1v) is 7.32. The van der Waals surface area contributed by atoms with E-state index in [0.717, 1.165) is 12.8 Å². The average molecular weight is 275 g/mol. The van der Waals surface area contributed by atoms with Gasteiger partial charge in [-0.15, -0.1) is 0 Å². The molecule has 110 valence electrons. The second-order valence-corrected chi connectivity index (χ2v) is 6.66. The minimum atomic E-state index is -0.447. The van der Waals surface area contributed by atoms with Crippen LogP contribution >= 0.6 is 0 Å². The average Bonchev–Trinajstić information content (AvgIpc) is 3.13. The molecule has 0 saturated heterocycles. The zero-order valence-corrected chi connectivity index (χ0v) is 13.1. The van der Waals surface area contributed by atoms with Crippen molar-refractivity contribution in [3.8, 4) is 0 Å². The number of benzene rings is 1. The lowest BCUT2D eigenvalue weighted by atomic mass is 10.0. The van der Waals surface area contributed by atoms with Crippen LogP contribution in [0.3, 0.4) is 0 Å². The van der Waals surface area contributed by atoms with Gasteiger partial charge in [-0.25, -0.2) is 4.79 Å². The van der Waals surface area contributed by atoms with Crippen LogP contribution in [0.2, 0.25) is 0 Å². The molecular formula is C17H25NO2. The summed E-state index contributed by atoms with van der Waals surface area (Å²) in [5, 5.41) is 0. The van der Waals surface area contributed by atoms with E-state index in [9.17, 15) is 4.79 Å². The molecule has 1 aromatic carbocycles. The van der Waals surface area contributed by atoms with Crippen LogP contribution in [0.4, 0.5) is 4.79 Å². The summed E-state index contributed by atoms with van der Waals surface area (Å²) in [6.45, 7) is 7.85. The van der Waals surface area contributed by atoms with E-state index in [1.54, 1.807) is 4.90 Å². The minimum Gasteiger partial charge on any atom is -0.444 e. The van der Waals surface area contributed by atoms with Crippen LogP contribution in [-0.4, -0.2) is 29.2 Å². The molecule has 2 unspecified atom stereocenters. The number of hydrogen-bond acceptors (Lipinski definition) is 2. The van der Waals surface area contributed by atoms with Crippen molar-refractivity contribution >= 4 is 6.09 Å². The predicted octanol–water partition coefficient (Wildman–Crippen LogP) is 4.19. The summed E-state index contributed by atoms with van der Waals surface area (Å²) in [5.74, 6) is 0.422. The van der Waals surface area contributed by atoms with Gasteiger partial charge in [0, 0.05) is 13.0 Å². The molecule has 0 N–H and O–H groups in total. The highest BCUT2D eigenvalue weighted by Crippen LogP contribution is 2.57. The molecule has 1 aromatic rings. The molecule has 0 aromatic heterocycles. The van der Waals surface area contributed by atoms with Gasteiger partial charge in [0.25, 0.3) is 0 Å². The van der Waals surface area contributed by atoms with Gasteiger partial charge in [0.1, 0.15) is 5.60 Å². The molecule has 1 aliphatic carbocycles. The van der Waals surface area contributed by atoms with Gasteiger partial charge in [-0.3, -0.25) is 0 Å². The van der Waals surface area contributed by atoms with Crippen LogP contribution in [0.1, 0.15) is 52.0 Å². The topological polar surface area (TPSA) is 29.5 Å². The molecule has 1 saturated carbocycles. The molecule has 1 aliphatic rings. The summed E-state index contributed by atoms with van der Waals surface area (Å²) >= 11 is 0. The quantitative estimate of drug-likeness (QED) is 0.827. The summed E-state index contributed by atoms with van der Waals surface area (Å²) in [6, 6.07) is 10.4. The lowest BCUT2D eigenvalue weighted by molar-refractivity contribution is 0.0183. The maximum absolute atomic E-state index is 12.3. The molecule has 0 heterocycles. The van der Waals surface area contributed by atoms with Gasteiger partial charge in [-0.05, 0) is 39.2 Å². The number of ether oxygens (including phenoxy) is 1. The second-order valence-electron chi connectivity index (χ2n) is 6.66. The SMILES string of the molecule is CCC1(N(C)C(=O)OC(C)(C)C)CC1c1ccccc1. The van der Waals surface area contributed by atoms with Crippen LogP contribution in [0.25, 0.3) is 0 Å². The van der Waals surface area contributed by atoms with Gasteiger partial charge in [0.2, 0.25) is 0 Å². The molecule has 0 bridgehead atoms. The van der Waals surface area contributed by atoms with Gasteiger partial charge >= 0.3 is 6.09 Å². The van der Waals surface area contributed by atoms with Crippen LogP contribution in [0.5, 0.6) is 0 Å². The van der Waals surface area contributed by atoms with E-state index in [0.29, 0.717) is 5.92 Å². The Kier molecular flexibility index (Phi) is 3.81. The van der Waals surface area contributed by atoms with E-state index in [-0.39, 0.29) is 11.6 Å². The van der Waals surface area contributed by atoms with Crippen molar-refractivity contribution in [1.29, 1.82) is 0 Å². The van der Waals surface area contributed by atoms with E-state index in [1.165, 1.54) is 5.56 Å². The molecule has 0 spiro atoms. The molecule has 0 radical (unpaired) electrons. The number of amides is 1. The van der Waals surface area contributed by atoms with Gasteiger partial charge in [0.05, 0.1) is 5.54 Å². The smallest absolute Gasteiger partial charge is 0.410 e. The van der Waals surface area contributed by atoms with Crippen molar-refractivity contribution in [2.24, 2.45) is 0 Å². The Balaban J connectivity index is 2.12. The maximum atomic E-state index is 12.3. The standard InChI is InChI=1S/C17H25NO2/c1-6-17(18(5)15(19)20-16(2,3)4)12-14(17)13-10-8-7-9-11-13/h7-11,14H,6,12H2,1-5H3. The normalized spacial score (nSPS) is 25.1.